The van der Waals surface area contributed by atoms with E-state index in [1.54, 1.807) is 0 Å². The minimum Gasteiger partial charge on any atom is -0.311 e. The van der Waals surface area contributed by atoms with Crippen LogP contribution in [0.3, 0.4) is 0 Å². The van der Waals surface area contributed by atoms with Crippen molar-refractivity contribution in [3.05, 3.63) is 236 Å². The normalized spacial score (nSPS) is 13.4. The minimum absolute atomic E-state index is 0.0287. The van der Waals surface area contributed by atoms with Gasteiger partial charge in [-0.2, -0.15) is 0 Å². The predicted octanol–water partition coefficient (Wildman–Crippen LogP) is 17.9. The molecule has 0 bridgehead atoms. The molecule has 2 aliphatic heterocycles. The van der Waals surface area contributed by atoms with Gasteiger partial charge in [-0.1, -0.05) is 224 Å². The Kier molecular flexibility index (Phi) is 9.63. The van der Waals surface area contributed by atoms with Gasteiger partial charge in [-0.3, -0.25) is 0 Å². The summed E-state index contributed by atoms with van der Waals surface area (Å²) in [7, 11) is 0. The van der Waals surface area contributed by atoms with Crippen LogP contribution in [0.15, 0.2) is 224 Å². The number of aromatic nitrogens is 2. The zero-order valence-electron chi connectivity index (χ0n) is 45.2. The second-order valence-corrected chi connectivity index (χ2v) is 24.2. The van der Waals surface area contributed by atoms with Crippen molar-refractivity contribution in [2.75, 3.05) is 9.80 Å². The van der Waals surface area contributed by atoms with Gasteiger partial charge in [0.05, 0.1) is 11.4 Å². The molecule has 0 saturated carbocycles. The summed E-state index contributed by atoms with van der Waals surface area (Å²) < 4.78 is 0. The Hall–Kier alpha value is -9.32. The van der Waals surface area contributed by atoms with Crippen molar-refractivity contribution in [1.29, 1.82) is 0 Å². The fourth-order valence-electron chi connectivity index (χ4n) is 13.6. The first-order valence-electron chi connectivity index (χ1n) is 27.8. The van der Waals surface area contributed by atoms with E-state index >= 15 is 0 Å². The van der Waals surface area contributed by atoms with E-state index in [0.29, 0.717) is 5.82 Å². The summed E-state index contributed by atoms with van der Waals surface area (Å²) >= 11 is 0. The molecule has 0 radical (unpaired) electrons. The second-order valence-electron chi connectivity index (χ2n) is 24.2. The highest BCUT2D eigenvalue weighted by Crippen LogP contribution is 2.52. The predicted molar refractivity (Wildman–Crippen MR) is 337 cm³/mol. The molecule has 0 fully saturated rings. The summed E-state index contributed by atoms with van der Waals surface area (Å²) in [6.45, 7) is 13.7. The number of rotatable bonds is 5. The zero-order valence-corrected chi connectivity index (χ0v) is 45.2. The average Bonchev–Trinajstić information content (AvgIpc) is 2.51. The summed E-state index contributed by atoms with van der Waals surface area (Å²) in [5.41, 5.74) is 18.1. The van der Waals surface area contributed by atoms with Crippen molar-refractivity contribution in [2.24, 2.45) is 0 Å². The van der Waals surface area contributed by atoms with Gasteiger partial charge in [0.1, 0.15) is 0 Å². The number of hydrogen-bond acceptors (Lipinski definition) is 4. The quantitative estimate of drug-likeness (QED) is 0.127. The molecule has 0 saturated heterocycles. The second kappa shape index (κ2) is 16.6. The molecule has 14 aromatic rings. The average molecular weight is 1010 g/mol. The molecule has 79 heavy (non-hydrogen) atoms. The van der Waals surface area contributed by atoms with Gasteiger partial charge in [0.2, 0.25) is 0 Å². The Labute approximate surface area is 461 Å². The molecule has 4 nitrogen and oxygen atoms in total. The summed E-state index contributed by atoms with van der Waals surface area (Å²) in [5, 5.41) is 15.2. The molecule has 3 heterocycles. The zero-order chi connectivity index (χ0) is 53.1. The van der Waals surface area contributed by atoms with E-state index in [9.17, 15) is 0 Å². The van der Waals surface area contributed by atoms with E-state index in [4.69, 9.17) is 9.97 Å². The van der Waals surface area contributed by atoms with Gasteiger partial charge in [-0.25, -0.2) is 9.97 Å². The SMILES string of the molecule is CC(C)(C)c1ccc(N2c3cc(-c4cc(-c5ccccc5)nc(-c5ccccc5)n4)cc4c3B(c3cc5ccc6cccc7ccc(c32)c5c67)c2cc3ccc5cccc6ccc(c2N4c2ccc(C(C)(C)C)cc2)c3c56)cc1. The highest BCUT2D eigenvalue weighted by atomic mass is 15.2. The van der Waals surface area contributed by atoms with E-state index in [-0.39, 0.29) is 17.5 Å². The molecule has 0 spiro atoms. The van der Waals surface area contributed by atoms with Crippen molar-refractivity contribution >= 4 is 122 Å². The van der Waals surface area contributed by atoms with Crippen molar-refractivity contribution < 1.29 is 0 Å². The number of hydrogen-bond donors (Lipinski definition) is 0. The van der Waals surface area contributed by atoms with E-state index in [1.807, 2.05) is 0 Å². The fraction of sp³-hybridized carbons (Fsp3) is 0.108. The van der Waals surface area contributed by atoms with Crippen LogP contribution in [0.5, 0.6) is 0 Å². The van der Waals surface area contributed by atoms with E-state index in [1.165, 1.54) is 104 Å². The molecular weight excluding hydrogens is 956 g/mol. The van der Waals surface area contributed by atoms with Crippen LogP contribution in [0.25, 0.3) is 98.5 Å². The Morgan fingerprint density at radius 1 is 0.342 bits per heavy atom. The molecule has 0 amide bonds. The molecule has 2 aliphatic rings. The van der Waals surface area contributed by atoms with Gasteiger partial charge < -0.3 is 9.80 Å². The van der Waals surface area contributed by atoms with Crippen LogP contribution in [0.1, 0.15) is 52.7 Å². The smallest absolute Gasteiger partial charge is 0.252 e. The fourth-order valence-corrected chi connectivity index (χ4v) is 13.6. The van der Waals surface area contributed by atoms with Gasteiger partial charge in [0.25, 0.3) is 6.71 Å². The third-order valence-electron chi connectivity index (χ3n) is 17.4. The van der Waals surface area contributed by atoms with Crippen molar-refractivity contribution in [3.8, 4) is 33.9 Å². The first-order valence-corrected chi connectivity index (χ1v) is 27.8. The van der Waals surface area contributed by atoms with Gasteiger partial charge >= 0.3 is 0 Å². The molecule has 374 valence electrons. The Balaban J connectivity index is 1.09. The summed E-state index contributed by atoms with van der Waals surface area (Å²) in [6.07, 6.45) is 0. The topological polar surface area (TPSA) is 32.3 Å². The monoisotopic (exact) mass is 1010 g/mol. The van der Waals surface area contributed by atoms with Crippen LogP contribution in [-0.4, -0.2) is 16.7 Å². The Morgan fingerprint density at radius 2 is 0.747 bits per heavy atom. The number of fused-ring (bicyclic) bond motifs is 6. The van der Waals surface area contributed by atoms with Gasteiger partial charge in [0, 0.05) is 61.6 Å². The van der Waals surface area contributed by atoms with E-state index in [0.717, 1.165) is 50.8 Å². The van der Waals surface area contributed by atoms with Crippen LogP contribution < -0.4 is 26.2 Å². The molecule has 16 rings (SSSR count). The van der Waals surface area contributed by atoms with Gasteiger partial charge in [-0.15, -0.1) is 0 Å². The van der Waals surface area contributed by atoms with Crippen LogP contribution in [0.2, 0.25) is 0 Å². The lowest BCUT2D eigenvalue weighted by atomic mass is 9.33. The van der Waals surface area contributed by atoms with Gasteiger partial charge in [0.15, 0.2) is 5.82 Å². The first kappa shape index (κ1) is 45.8. The lowest BCUT2D eigenvalue weighted by molar-refractivity contribution is 0.590. The lowest BCUT2D eigenvalue weighted by Gasteiger charge is -2.45. The van der Waals surface area contributed by atoms with Gasteiger partial charge in [-0.05, 0) is 135 Å². The van der Waals surface area contributed by atoms with Crippen molar-refractivity contribution in [2.45, 2.75) is 52.4 Å². The summed E-state index contributed by atoms with van der Waals surface area (Å²) in [4.78, 5) is 16.1. The minimum atomic E-state index is -0.145. The van der Waals surface area contributed by atoms with E-state index in [2.05, 4.69) is 276 Å². The molecule has 0 atom stereocenters. The summed E-state index contributed by atoms with van der Waals surface area (Å²) in [5.74, 6) is 0.688. The van der Waals surface area contributed by atoms with Crippen LogP contribution in [0.4, 0.5) is 34.1 Å². The van der Waals surface area contributed by atoms with Crippen molar-refractivity contribution in [3.63, 3.8) is 0 Å². The van der Waals surface area contributed by atoms with Crippen LogP contribution in [0, 0.1) is 0 Å². The molecule has 0 N–H and O–H groups in total. The number of nitrogens with zero attached hydrogens (tertiary/aromatic N) is 4. The maximum absolute atomic E-state index is 5.58. The number of anilines is 6. The lowest BCUT2D eigenvalue weighted by Crippen LogP contribution is -2.61. The number of benzene rings is 13. The van der Waals surface area contributed by atoms with Crippen molar-refractivity contribution in [1.82, 2.24) is 9.97 Å². The highest BCUT2D eigenvalue weighted by molar-refractivity contribution is 7.01. The third kappa shape index (κ3) is 6.88. The Bertz CT molecular complexity index is 4460. The molecule has 13 aromatic carbocycles. The summed E-state index contributed by atoms with van der Waals surface area (Å²) in [6, 6.07) is 84.4. The largest absolute Gasteiger partial charge is 0.311 e. The maximum Gasteiger partial charge on any atom is 0.252 e. The van der Waals surface area contributed by atoms with Crippen LogP contribution in [-0.2, 0) is 10.8 Å². The molecular formula is C74H55BN4. The molecule has 1 aromatic heterocycles. The maximum atomic E-state index is 5.58. The molecule has 0 aliphatic carbocycles. The Morgan fingerprint density at radius 3 is 1.19 bits per heavy atom. The molecule has 5 heteroatoms. The van der Waals surface area contributed by atoms with E-state index < -0.39 is 0 Å². The molecule has 0 unspecified atom stereocenters. The third-order valence-corrected chi connectivity index (χ3v) is 17.4. The first-order chi connectivity index (χ1) is 38.4. The standard InChI is InChI=1S/C74H55BN4/c1-73(2,3)53-29-33-55(34-30-53)78-63-41-52(62-43-61(44-15-9-7-10-16-44)76-72(77-62)49-17-11-8-12-18-49)42-64-69(63)75(59-39-50-25-23-45-19-13-21-47-27-37-57(70(59)78)67(50)65(45)47)60-40-51-26-24-46-20-14-22-48-28-38-58(68(51)66(46)48)71(60)79(64)56-35-31-54(32-36-56)74(4,5)6/h7-43H,1-6H3. The van der Waals surface area contributed by atoms with Crippen LogP contribution >= 0.6 is 0 Å². The highest BCUT2D eigenvalue weighted by Gasteiger charge is 2.46.